The van der Waals surface area contributed by atoms with E-state index in [1.165, 1.54) is 0 Å². The van der Waals surface area contributed by atoms with Crippen LogP contribution < -0.4 is 10.6 Å². The quantitative estimate of drug-likeness (QED) is 0.379. The van der Waals surface area contributed by atoms with Gasteiger partial charge in [0.15, 0.2) is 17.2 Å². The lowest BCUT2D eigenvalue weighted by molar-refractivity contribution is 0.0988. The van der Waals surface area contributed by atoms with E-state index in [0.29, 0.717) is 35.1 Å². The fourth-order valence-corrected chi connectivity index (χ4v) is 4.48. The average Bonchev–Trinajstić information content (AvgIpc) is 3.45. The van der Waals surface area contributed by atoms with E-state index >= 15 is 0 Å². The van der Waals surface area contributed by atoms with Gasteiger partial charge in [-0.1, -0.05) is 50.2 Å². The molecule has 2 aromatic carbocycles. The number of H-pyrrole nitrogens is 1. The SMILES string of the molecule is Cc1cc(C(=O)N(C)c2ccc(Cn3c(=O)n(C)c4cnc(-c5ccccc5C(C)C)nc43)cc2)n[nH]1. The number of benzene rings is 2. The van der Waals surface area contributed by atoms with Gasteiger partial charge in [0.05, 0.1) is 12.7 Å². The molecule has 0 bridgehead atoms. The van der Waals surface area contributed by atoms with Gasteiger partial charge in [-0.2, -0.15) is 5.10 Å². The second-order valence-electron chi connectivity index (χ2n) is 9.54. The zero-order valence-corrected chi connectivity index (χ0v) is 21.6. The zero-order valence-electron chi connectivity index (χ0n) is 21.6. The van der Waals surface area contributed by atoms with Gasteiger partial charge in [0.2, 0.25) is 0 Å². The summed E-state index contributed by atoms with van der Waals surface area (Å²) < 4.78 is 3.23. The molecule has 0 spiro atoms. The van der Waals surface area contributed by atoms with Crippen LogP contribution in [0.4, 0.5) is 5.69 Å². The molecule has 3 heterocycles. The maximum Gasteiger partial charge on any atom is 0.330 e. The van der Waals surface area contributed by atoms with Gasteiger partial charge < -0.3 is 4.90 Å². The molecule has 0 fully saturated rings. The van der Waals surface area contributed by atoms with E-state index in [4.69, 9.17) is 4.98 Å². The van der Waals surface area contributed by atoms with Gasteiger partial charge in [-0.05, 0) is 42.2 Å². The van der Waals surface area contributed by atoms with Crippen molar-refractivity contribution in [2.24, 2.45) is 7.05 Å². The van der Waals surface area contributed by atoms with Gasteiger partial charge in [-0.15, -0.1) is 0 Å². The first-order chi connectivity index (χ1) is 17.7. The van der Waals surface area contributed by atoms with Gasteiger partial charge in [0.25, 0.3) is 5.91 Å². The first-order valence-corrected chi connectivity index (χ1v) is 12.1. The molecule has 0 aliphatic carbocycles. The first kappa shape index (κ1) is 24.2. The van der Waals surface area contributed by atoms with E-state index in [9.17, 15) is 9.59 Å². The van der Waals surface area contributed by atoms with Crippen LogP contribution in [0.1, 0.15) is 47.1 Å². The highest BCUT2D eigenvalue weighted by molar-refractivity contribution is 6.04. The maximum atomic E-state index is 13.1. The molecule has 0 aliphatic rings. The molecule has 3 aromatic heterocycles. The van der Waals surface area contributed by atoms with Crippen LogP contribution in [0.3, 0.4) is 0 Å². The number of nitrogens with one attached hydrogen (secondary N) is 1. The molecule has 0 saturated carbocycles. The molecule has 5 rings (SSSR count). The summed E-state index contributed by atoms with van der Waals surface area (Å²) in [4.78, 5) is 36.8. The predicted molar refractivity (Wildman–Crippen MR) is 144 cm³/mol. The third-order valence-electron chi connectivity index (χ3n) is 6.60. The van der Waals surface area contributed by atoms with Crippen molar-refractivity contribution in [1.29, 1.82) is 0 Å². The summed E-state index contributed by atoms with van der Waals surface area (Å²) in [5, 5.41) is 6.85. The Balaban J connectivity index is 1.47. The van der Waals surface area contributed by atoms with Crippen LogP contribution >= 0.6 is 0 Å². The Morgan fingerprint density at radius 2 is 1.84 bits per heavy atom. The maximum absolute atomic E-state index is 13.1. The summed E-state index contributed by atoms with van der Waals surface area (Å²) in [6.45, 7) is 6.47. The molecule has 188 valence electrons. The topological polar surface area (TPSA) is 102 Å². The van der Waals surface area contributed by atoms with Crippen molar-refractivity contribution in [2.75, 3.05) is 11.9 Å². The third-order valence-corrected chi connectivity index (χ3v) is 6.60. The Kier molecular flexibility index (Phi) is 6.20. The number of anilines is 1. The van der Waals surface area contributed by atoms with Crippen molar-refractivity contribution in [2.45, 2.75) is 33.2 Å². The highest BCUT2D eigenvalue weighted by atomic mass is 16.2. The number of aryl methyl sites for hydroxylation is 2. The van der Waals surface area contributed by atoms with Crippen molar-refractivity contribution in [3.8, 4) is 11.4 Å². The van der Waals surface area contributed by atoms with Crippen LogP contribution in [0.15, 0.2) is 65.6 Å². The van der Waals surface area contributed by atoms with E-state index < -0.39 is 0 Å². The minimum atomic E-state index is -0.201. The van der Waals surface area contributed by atoms with Crippen LogP contribution in [0.5, 0.6) is 0 Å². The standard InChI is InChI=1S/C28H29N7O2/c1-17(2)21-8-6-7-9-22(21)25-29-15-24-26(30-25)35(28(37)34(24)5)16-19-10-12-20(13-11-19)33(4)27(36)23-14-18(3)31-32-23/h6-15,17H,16H2,1-5H3,(H,31,32). The molecule has 0 radical (unpaired) electrons. The second-order valence-corrected chi connectivity index (χ2v) is 9.54. The van der Waals surface area contributed by atoms with Crippen LogP contribution in [0.25, 0.3) is 22.6 Å². The number of hydrogen-bond donors (Lipinski definition) is 1. The minimum Gasteiger partial charge on any atom is -0.310 e. The average molecular weight is 496 g/mol. The monoisotopic (exact) mass is 495 g/mol. The van der Waals surface area contributed by atoms with Gasteiger partial charge in [0.1, 0.15) is 5.52 Å². The number of aromatic nitrogens is 6. The lowest BCUT2D eigenvalue weighted by Crippen LogP contribution is -2.26. The van der Waals surface area contributed by atoms with Crippen molar-refractivity contribution < 1.29 is 4.79 Å². The van der Waals surface area contributed by atoms with E-state index in [1.807, 2.05) is 49.4 Å². The summed E-state index contributed by atoms with van der Waals surface area (Å²) in [6, 6.07) is 17.4. The molecular weight excluding hydrogens is 466 g/mol. The highest BCUT2D eigenvalue weighted by Gasteiger charge is 2.18. The number of amides is 1. The van der Waals surface area contributed by atoms with E-state index in [1.54, 1.807) is 40.4 Å². The highest BCUT2D eigenvalue weighted by Crippen LogP contribution is 2.27. The Labute approximate surface area is 214 Å². The molecule has 9 nitrogen and oxygen atoms in total. The zero-order chi connectivity index (χ0) is 26.3. The molecule has 9 heteroatoms. The number of rotatable bonds is 6. The molecule has 37 heavy (non-hydrogen) atoms. The molecule has 0 aliphatic heterocycles. The molecular formula is C28H29N7O2. The fraction of sp³-hybridized carbons (Fsp3) is 0.250. The molecule has 0 saturated heterocycles. The van der Waals surface area contributed by atoms with Gasteiger partial charge >= 0.3 is 5.69 Å². The summed E-state index contributed by atoms with van der Waals surface area (Å²) in [5.41, 5.74) is 6.05. The number of imidazole rings is 1. The Morgan fingerprint density at radius 1 is 1.11 bits per heavy atom. The summed E-state index contributed by atoms with van der Waals surface area (Å²) in [6.07, 6.45) is 1.72. The number of fused-ring (bicyclic) bond motifs is 1. The molecule has 0 unspecified atom stereocenters. The van der Waals surface area contributed by atoms with E-state index in [0.717, 1.165) is 28.1 Å². The van der Waals surface area contributed by atoms with Gasteiger partial charge in [-0.3, -0.25) is 19.0 Å². The largest absolute Gasteiger partial charge is 0.330 e. The lowest BCUT2D eigenvalue weighted by atomic mass is 9.97. The predicted octanol–water partition coefficient (Wildman–Crippen LogP) is 4.28. The number of hydrogen-bond acceptors (Lipinski definition) is 5. The normalized spacial score (nSPS) is 11.4. The van der Waals surface area contributed by atoms with Crippen molar-refractivity contribution in [3.05, 3.63) is 93.8 Å². The van der Waals surface area contributed by atoms with Crippen LogP contribution in [-0.4, -0.2) is 42.3 Å². The first-order valence-electron chi connectivity index (χ1n) is 12.1. The third kappa shape index (κ3) is 4.44. The Bertz CT molecular complexity index is 1660. The lowest BCUT2D eigenvalue weighted by Gasteiger charge is -2.16. The van der Waals surface area contributed by atoms with Crippen molar-refractivity contribution >= 4 is 22.8 Å². The van der Waals surface area contributed by atoms with E-state index in [-0.39, 0.29) is 11.6 Å². The van der Waals surface area contributed by atoms with Gasteiger partial charge in [-0.25, -0.2) is 14.8 Å². The summed E-state index contributed by atoms with van der Waals surface area (Å²) in [7, 11) is 3.44. The fourth-order valence-electron chi connectivity index (χ4n) is 4.48. The number of aromatic amines is 1. The summed E-state index contributed by atoms with van der Waals surface area (Å²) >= 11 is 0. The van der Waals surface area contributed by atoms with Crippen molar-refractivity contribution in [3.63, 3.8) is 0 Å². The van der Waals surface area contributed by atoms with Crippen LogP contribution in [0, 0.1) is 6.92 Å². The van der Waals surface area contributed by atoms with Gasteiger partial charge in [0, 0.05) is 31.0 Å². The summed E-state index contributed by atoms with van der Waals surface area (Å²) in [5.74, 6) is 0.711. The Morgan fingerprint density at radius 3 is 2.51 bits per heavy atom. The van der Waals surface area contributed by atoms with Crippen LogP contribution in [0.2, 0.25) is 0 Å². The number of carbonyl (C=O) groups is 1. The number of carbonyl (C=O) groups excluding carboxylic acids is 1. The minimum absolute atomic E-state index is 0.163. The smallest absolute Gasteiger partial charge is 0.310 e. The Hall–Kier alpha value is -4.53. The second kappa shape index (κ2) is 9.50. The number of nitrogens with zero attached hydrogens (tertiary/aromatic N) is 6. The van der Waals surface area contributed by atoms with E-state index in [2.05, 4.69) is 35.1 Å². The van der Waals surface area contributed by atoms with Crippen LogP contribution in [-0.2, 0) is 13.6 Å². The molecule has 0 atom stereocenters. The van der Waals surface area contributed by atoms with Crippen molar-refractivity contribution in [1.82, 2.24) is 29.3 Å². The molecule has 1 N–H and O–H groups in total. The molecule has 5 aromatic rings. The molecule has 1 amide bonds.